The second-order valence-electron chi connectivity index (χ2n) is 4.28. The zero-order valence-corrected chi connectivity index (χ0v) is 9.22. The Kier molecular flexibility index (Phi) is 5.45. The van der Waals surface area contributed by atoms with Crippen molar-refractivity contribution in [2.24, 2.45) is 5.92 Å². The molecule has 1 heteroatoms. The van der Waals surface area contributed by atoms with Gasteiger partial charge in [0.1, 0.15) is 0 Å². The van der Waals surface area contributed by atoms with E-state index >= 15 is 0 Å². The van der Waals surface area contributed by atoms with Crippen LogP contribution in [0.3, 0.4) is 0 Å². The molecule has 0 atom stereocenters. The monoisotopic (exact) mass is 184 g/mol. The first kappa shape index (κ1) is 11.0. The number of ether oxygens (including phenoxy) is 1. The van der Waals surface area contributed by atoms with Crippen molar-refractivity contribution < 1.29 is 4.74 Å². The van der Waals surface area contributed by atoms with E-state index in [1.165, 1.54) is 44.9 Å². The molecule has 1 aliphatic rings. The van der Waals surface area contributed by atoms with Crippen molar-refractivity contribution in [3.05, 3.63) is 0 Å². The van der Waals surface area contributed by atoms with Gasteiger partial charge in [-0.15, -0.1) is 0 Å². The lowest BCUT2D eigenvalue weighted by atomic mass is 9.97. The van der Waals surface area contributed by atoms with Gasteiger partial charge in [-0.1, -0.05) is 46.0 Å². The van der Waals surface area contributed by atoms with Gasteiger partial charge in [0.25, 0.3) is 0 Å². The minimum Gasteiger partial charge on any atom is -0.378 e. The maximum atomic E-state index is 5.93. The minimum atomic E-state index is 0.592. The Bertz CT molecular complexity index is 112. The summed E-state index contributed by atoms with van der Waals surface area (Å²) in [6.07, 6.45) is 9.92. The summed E-state index contributed by atoms with van der Waals surface area (Å²) in [5, 5.41) is 0. The Morgan fingerprint density at radius 1 is 1.08 bits per heavy atom. The van der Waals surface area contributed by atoms with Crippen molar-refractivity contribution in [2.45, 2.75) is 64.9 Å². The van der Waals surface area contributed by atoms with Crippen molar-refractivity contribution >= 4 is 0 Å². The summed E-state index contributed by atoms with van der Waals surface area (Å²) in [6, 6.07) is 0. The van der Waals surface area contributed by atoms with E-state index in [2.05, 4.69) is 13.8 Å². The summed E-state index contributed by atoms with van der Waals surface area (Å²) in [5.74, 6) is 0.793. The zero-order chi connectivity index (χ0) is 9.52. The average Bonchev–Trinajstić information content (AvgIpc) is 2.21. The molecule has 0 saturated heterocycles. The molecule has 0 radical (unpaired) electrons. The van der Waals surface area contributed by atoms with E-state index < -0.39 is 0 Å². The topological polar surface area (TPSA) is 9.23 Å². The van der Waals surface area contributed by atoms with Gasteiger partial charge in [0.15, 0.2) is 0 Å². The molecule has 0 aliphatic heterocycles. The smallest absolute Gasteiger partial charge is 0.0575 e. The Balaban J connectivity index is 2.09. The van der Waals surface area contributed by atoms with Crippen LogP contribution in [0, 0.1) is 5.92 Å². The van der Waals surface area contributed by atoms with Gasteiger partial charge in [0, 0.05) is 6.61 Å². The predicted octanol–water partition coefficient (Wildman–Crippen LogP) is 3.77. The molecular formula is C12H24O. The summed E-state index contributed by atoms with van der Waals surface area (Å²) in [5.41, 5.74) is 0. The highest BCUT2D eigenvalue weighted by atomic mass is 16.5. The van der Waals surface area contributed by atoms with Crippen LogP contribution in [0.1, 0.15) is 58.8 Å². The van der Waals surface area contributed by atoms with Crippen molar-refractivity contribution in [2.75, 3.05) is 6.61 Å². The normalized spacial score (nSPS) is 19.6. The zero-order valence-electron chi connectivity index (χ0n) is 9.22. The fourth-order valence-electron chi connectivity index (χ4n) is 2.03. The first-order valence-corrected chi connectivity index (χ1v) is 5.98. The highest BCUT2D eigenvalue weighted by Gasteiger charge is 2.14. The summed E-state index contributed by atoms with van der Waals surface area (Å²) >= 11 is 0. The molecule has 78 valence electrons. The molecule has 0 N–H and O–H groups in total. The van der Waals surface area contributed by atoms with Crippen molar-refractivity contribution in [1.29, 1.82) is 0 Å². The fraction of sp³-hybridized carbons (Fsp3) is 1.00. The van der Waals surface area contributed by atoms with E-state index in [1.807, 2.05) is 0 Å². The lowest BCUT2D eigenvalue weighted by molar-refractivity contribution is 0.00647. The van der Waals surface area contributed by atoms with E-state index in [9.17, 15) is 0 Å². The van der Waals surface area contributed by atoms with Gasteiger partial charge in [-0.2, -0.15) is 0 Å². The second kappa shape index (κ2) is 6.42. The fourth-order valence-corrected chi connectivity index (χ4v) is 2.03. The third-order valence-electron chi connectivity index (χ3n) is 3.27. The van der Waals surface area contributed by atoms with Crippen LogP contribution in [-0.4, -0.2) is 12.7 Å². The van der Waals surface area contributed by atoms with E-state index in [4.69, 9.17) is 4.74 Å². The standard InChI is InChI=1S/C12H24O/c1-3-11(4-2)10-13-12-8-6-5-7-9-12/h11-12H,3-10H2,1-2H3. The van der Waals surface area contributed by atoms with Crippen LogP contribution in [0.4, 0.5) is 0 Å². The molecule has 1 fully saturated rings. The number of hydrogen-bond donors (Lipinski definition) is 0. The van der Waals surface area contributed by atoms with Crippen molar-refractivity contribution in [1.82, 2.24) is 0 Å². The molecule has 1 rings (SSSR count). The Labute approximate surface area is 82.9 Å². The summed E-state index contributed by atoms with van der Waals surface area (Å²) < 4.78 is 5.93. The minimum absolute atomic E-state index is 0.592. The van der Waals surface area contributed by atoms with Gasteiger partial charge >= 0.3 is 0 Å². The van der Waals surface area contributed by atoms with Crippen LogP contribution in [0.15, 0.2) is 0 Å². The van der Waals surface area contributed by atoms with Crippen molar-refractivity contribution in [3.63, 3.8) is 0 Å². The van der Waals surface area contributed by atoms with Crippen LogP contribution in [0.5, 0.6) is 0 Å². The van der Waals surface area contributed by atoms with Gasteiger partial charge in [-0.05, 0) is 18.8 Å². The van der Waals surface area contributed by atoms with Gasteiger partial charge in [0.2, 0.25) is 0 Å². The molecule has 0 spiro atoms. The third kappa shape index (κ3) is 4.12. The third-order valence-corrected chi connectivity index (χ3v) is 3.27. The molecule has 0 aromatic carbocycles. The number of hydrogen-bond acceptors (Lipinski definition) is 1. The van der Waals surface area contributed by atoms with E-state index in [-0.39, 0.29) is 0 Å². The van der Waals surface area contributed by atoms with Gasteiger partial charge in [-0.25, -0.2) is 0 Å². The van der Waals surface area contributed by atoms with Gasteiger partial charge in [-0.3, -0.25) is 0 Å². The largest absolute Gasteiger partial charge is 0.378 e. The Hall–Kier alpha value is -0.0400. The molecule has 13 heavy (non-hydrogen) atoms. The Morgan fingerprint density at radius 3 is 2.23 bits per heavy atom. The lowest BCUT2D eigenvalue weighted by Crippen LogP contribution is -2.20. The van der Waals surface area contributed by atoms with Crippen molar-refractivity contribution in [3.8, 4) is 0 Å². The highest BCUT2D eigenvalue weighted by Crippen LogP contribution is 2.21. The molecule has 0 bridgehead atoms. The molecular weight excluding hydrogens is 160 g/mol. The molecule has 0 unspecified atom stereocenters. The van der Waals surface area contributed by atoms with Crippen LogP contribution in [0.25, 0.3) is 0 Å². The molecule has 1 aliphatic carbocycles. The number of rotatable bonds is 5. The first-order valence-electron chi connectivity index (χ1n) is 5.98. The van der Waals surface area contributed by atoms with E-state index in [1.54, 1.807) is 0 Å². The predicted molar refractivity (Wildman–Crippen MR) is 56.9 cm³/mol. The quantitative estimate of drug-likeness (QED) is 0.632. The molecule has 1 saturated carbocycles. The molecule has 1 nitrogen and oxygen atoms in total. The van der Waals surface area contributed by atoms with Crippen LogP contribution < -0.4 is 0 Å². The molecule has 0 heterocycles. The van der Waals surface area contributed by atoms with Gasteiger partial charge < -0.3 is 4.74 Å². The van der Waals surface area contributed by atoms with Crippen LogP contribution in [-0.2, 0) is 4.74 Å². The van der Waals surface area contributed by atoms with E-state index in [0.29, 0.717) is 6.10 Å². The summed E-state index contributed by atoms with van der Waals surface area (Å²) in [6.45, 7) is 5.52. The van der Waals surface area contributed by atoms with Gasteiger partial charge in [0.05, 0.1) is 6.10 Å². The maximum Gasteiger partial charge on any atom is 0.0575 e. The summed E-state index contributed by atoms with van der Waals surface area (Å²) in [4.78, 5) is 0. The maximum absolute atomic E-state index is 5.93. The first-order chi connectivity index (χ1) is 6.36. The summed E-state index contributed by atoms with van der Waals surface area (Å²) in [7, 11) is 0. The molecule has 0 aromatic heterocycles. The second-order valence-corrected chi connectivity index (χ2v) is 4.28. The van der Waals surface area contributed by atoms with Crippen LogP contribution in [0.2, 0.25) is 0 Å². The molecule has 0 amide bonds. The van der Waals surface area contributed by atoms with E-state index in [0.717, 1.165) is 12.5 Å². The highest BCUT2D eigenvalue weighted by molar-refractivity contribution is 4.66. The Morgan fingerprint density at radius 2 is 1.69 bits per heavy atom. The average molecular weight is 184 g/mol. The SMILES string of the molecule is CCC(CC)COC1CCCCC1. The lowest BCUT2D eigenvalue weighted by Gasteiger charge is -2.24. The van der Waals surface area contributed by atoms with Crippen LogP contribution >= 0.6 is 0 Å². The molecule has 0 aromatic rings.